The highest BCUT2D eigenvalue weighted by atomic mass is 16.7. The molecule has 1 aliphatic heterocycles. The summed E-state index contributed by atoms with van der Waals surface area (Å²) in [5.41, 5.74) is 4.12. The largest absolute Gasteiger partial charge is 0.384 e. The van der Waals surface area contributed by atoms with E-state index in [0.29, 0.717) is 0 Å². The van der Waals surface area contributed by atoms with Gasteiger partial charge < -0.3 is 4.84 Å². The molecule has 0 aromatic heterocycles. The Morgan fingerprint density at radius 1 is 1.43 bits per heavy atom. The summed E-state index contributed by atoms with van der Waals surface area (Å²) < 4.78 is 0. The van der Waals surface area contributed by atoms with Gasteiger partial charge in [0.25, 0.3) is 0 Å². The predicted molar refractivity (Wildman–Crippen MR) is 56.2 cm³/mol. The summed E-state index contributed by atoms with van der Waals surface area (Å²) in [5, 5.41) is 4.11. The standard InChI is InChI=1S/C12H15NO/c1-9-8-12(14-13-9)7-6-10-4-2-3-5-11(10)12/h3,5H,2,4,6-8H2,1H3. The molecule has 1 heterocycles. The van der Waals surface area contributed by atoms with E-state index >= 15 is 0 Å². The van der Waals surface area contributed by atoms with Crippen molar-refractivity contribution in [2.75, 3.05) is 0 Å². The van der Waals surface area contributed by atoms with Crippen molar-refractivity contribution in [1.29, 1.82) is 0 Å². The van der Waals surface area contributed by atoms with Crippen molar-refractivity contribution in [2.45, 2.75) is 44.6 Å². The van der Waals surface area contributed by atoms with Crippen LogP contribution in [0, 0.1) is 0 Å². The highest BCUT2D eigenvalue weighted by Crippen LogP contribution is 2.47. The Morgan fingerprint density at radius 2 is 2.36 bits per heavy atom. The third kappa shape index (κ3) is 0.999. The minimum absolute atomic E-state index is 0.0592. The van der Waals surface area contributed by atoms with Gasteiger partial charge in [0.2, 0.25) is 0 Å². The van der Waals surface area contributed by atoms with Crippen LogP contribution in [0.25, 0.3) is 0 Å². The number of hydrogen-bond donors (Lipinski definition) is 0. The Morgan fingerprint density at radius 3 is 3.14 bits per heavy atom. The molecule has 0 amide bonds. The van der Waals surface area contributed by atoms with E-state index < -0.39 is 0 Å². The molecule has 3 aliphatic rings. The van der Waals surface area contributed by atoms with Gasteiger partial charge in [-0.3, -0.25) is 0 Å². The number of oxime groups is 1. The zero-order valence-electron chi connectivity index (χ0n) is 8.55. The highest BCUT2D eigenvalue weighted by molar-refractivity contribution is 5.84. The molecule has 1 spiro atoms. The molecule has 1 unspecified atom stereocenters. The summed E-state index contributed by atoms with van der Waals surface area (Å²) in [6.45, 7) is 2.06. The van der Waals surface area contributed by atoms with Crippen LogP contribution in [-0.4, -0.2) is 11.3 Å². The van der Waals surface area contributed by atoms with E-state index in [1.54, 1.807) is 5.57 Å². The van der Waals surface area contributed by atoms with Gasteiger partial charge in [-0.15, -0.1) is 0 Å². The minimum Gasteiger partial charge on any atom is -0.384 e. The normalized spacial score (nSPS) is 34.8. The fraction of sp³-hybridized carbons (Fsp3) is 0.583. The van der Waals surface area contributed by atoms with Gasteiger partial charge in [-0.25, -0.2) is 0 Å². The fourth-order valence-electron chi connectivity index (χ4n) is 2.85. The maximum atomic E-state index is 5.66. The van der Waals surface area contributed by atoms with Crippen LogP contribution in [0.15, 0.2) is 28.5 Å². The van der Waals surface area contributed by atoms with Gasteiger partial charge in [0, 0.05) is 6.42 Å². The molecule has 2 aliphatic carbocycles. The van der Waals surface area contributed by atoms with E-state index in [0.717, 1.165) is 18.6 Å². The Kier molecular flexibility index (Phi) is 1.61. The molecule has 0 saturated heterocycles. The zero-order valence-corrected chi connectivity index (χ0v) is 8.55. The summed E-state index contributed by atoms with van der Waals surface area (Å²) in [6.07, 6.45) is 10.3. The quantitative estimate of drug-likeness (QED) is 0.574. The van der Waals surface area contributed by atoms with E-state index in [1.807, 2.05) is 0 Å². The fourth-order valence-corrected chi connectivity index (χ4v) is 2.85. The molecular weight excluding hydrogens is 174 g/mol. The number of nitrogens with zero attached hydrogens (tertiary/aromatic N) is 1. The van der Waals surface area contributed by atoms with Crippen LogP contribution >= 0.6 is 0 Å². The lowest BCUT2D eigenvalue weighted by Gasteiger charge is -2.24. The van der Waals surface area contributed by atoms with Gasteiger partial charge in [-0.1, -0.05) is 22.9 Å². The van der Waals surface area contributed by atoms with E-state index in [9.17, 15) is 0 Å². The average Bonchev–Trinajstić information content (AvgIpc) is 2.75. The van der Waals surface area contributed by atoms with E-state index in [4.69, 9.17) is 4.84 Å². The molecule has 0 N–H and O–H groups in total. The van der Waals surface area contributed by atoms with E-state index in [1.165, 1.54) is 24.8 Å². The van der Waals surface area contributed by atoms with Crippen molar-refractivity contribution in [3.63, 3.8) is 0 Å². The Balaban J connectivity index is 1.97. The van der Waals surface area contributed by atoms with Crippen molar-refractivity contribution in [1.82, 2.24) is 0 Å². The van der Waals surface area contributed by atoms with Crippen molar-refractivity contribution in [3.8, 4) is 0 Å². The number of fused-ring (bicyclic) bond motifs is 1. The number of allylic oxidation sites excluding steroid dienone is 2. The molecule has 0 radical (unpaired) electrons. The average molecular weight is 189 g/mol. The van der Waals surface area contributed by atoms with Gasteiger partial charge in [-0.05, 0) is 38.2 Å². The molecule has 2 heteroatoms. The second-order valence-electron chi connectivity index (χ2n) is 4.55. The first-order valence-electron chi connectivity index (χ1n) is 5.41. The van der Waals surface area contributed by atoms with Crippen LogP contribution in [0.4, 0.5) is 0 Å². The summed E-state index contributed by atoms with van der Waals surface area (Å²) in [5.74, 6) is 0. The lowest BCUT2D eigenvalue weighted by molar-refractivity contribution is 0.0149. The summed E-state index contributed by atoms with van der Waals surface area (Å²) in [6, 6.07) is 0. The lowest BCUT2D eigenvalue weighted by Crippen LogP contribution is -2.27. The molecule has 0 saturated carbocycles. The minimum atomic E-state index is -0.0592. The molecule has 3 rings (SSSR count). The third-order valence-electron chi connectivity index (χ3n) is 3.52. The maximum Gasteiger partial charge on any atom is 0.168 e. The van der Waals surface area contributed by atoms with Crippen LogP contribution in [0.2, 0.25) is 0 Å². The van der Waals surface area contributed by atoms with Crippen molar-refractivity contribution in [2.24, 2.45) is 5.16 Å². The molecule has 14 heavy (non-hydrogen) atoms. The second-order valence-corrected chi connectivity index (χ2v) is 4.55. The summed E-state index contributed by atoms with van der Waals surface area (Å²) in [4.78, 5) is 5.66. The van der Waals surface area contributed by atoms with Crippen LogP contribution in [-0.2, 0) is 4.84 Å². The first-order chi connectivity index (χ1) is 6.80. The van der Waals surface area contributed by atoms with E-state index in [2.05, 4.69) is 24.2 Å². The zero-order chi connectivity index (χ0) is 9.60. The van der Waals surface area contributed by atoms with Crippen molar-refractivity contribution < 1.29 is 4.84 Å². The maximum absolute atomic E-state index is 5.66. The number of rotatable bonds is 0. The van der Waals surface area contributed by atoms with E-state index in [-0.39, 0.29) is 5.60 Å². The predicted octanol–water partition coefficient (Wildman–Crippen LogP) is 2.96. The van der Waals surface area contributed by atoms with Gasteiger partial charge >= 0.3 is 0 Å². The van der Waals surface area contributed by atoms with Crippen LogP contribution in [0.3, 0.4) is 0 Å². The molecule has 0 aromatic rings. The Hall–Kier alpha value is -1.05. The van der Waals surface area contributed by atoms with Crippen molar-refractivity contribution in [3.05, 3.63) is 23.3 Å². The van der Waals surface area contributed by atoms with Crippen molar-refractivity contribution >= 4 is 5.71 Å². The van der Waals surface area contributed by atoms with Crippen LogP contribution in [0.1, 0.15) is 39.0 Å². The summed E-state index contributed by atoms with van der Waals surface area (Å²) >= 11 is 0. The molecule has 1 atom stereocenters. The molecular formula is C12H15NO. The SMILES string of the molecule is CC1=NOC2(CCC3=C2C=CCC3)C1. The highest BCUT2D eigenvalue weighted by Gasteiger charge is 2.45. The topological polar surface area (TPSA) is 21.6 Å². The molecule has 2 nitrogen and oxygen atoms in total. The third-order valence-corrected chi connectivity index (χ3v) is 3.52. The lowest BCUT2D eigenvalue weighted by atomic mass is 9.88. The van der Waals surface area contributed by atoms with Gasteiger partial charge in [0.05, 0.1) is 5.71 Å². The monoisotopic (exact) mass is 189 g/mol. The smallest absolute Gasteiger partial charge is 0.168 e. The molecule has 0 aromatic carbocycles. The van der Waals surface area contributed by atoms with Gasteiger partial charge in [-0.2, -0.15) is 0 Å². The van der Waals surface area contributed by atoms with Gasteiger partial charge in [0.1, 0.15) is 0 Å². The first-order valence-corrected chi connectivity index (χ1v) is 5.41. The van der Waals surface area contributed by atoms with Gasteiger partial charge in [0.15, 0.2) is 5.60 Å². The molecule has 74 valence electrons. The number of hydrogen-bond acceptors (Lipinski definition) is 2. The Labute approximate surface area is 84.3 Å². The van der Waals surface area contributed by atoms with Crippen LogP contribution in [0.5, 0.6) is 0 Å². The second kappa shape index (κ2) is 2.72. The van der Waals surface area contributed by atoms with Crippen LogP contribution < -0.4 is 0 Å². The summed E-state index contributed by atoms with van der Waals surface area (Å²) in [7, 11) is 0. The molecule has 0 fully saturated rings. The first kappa shape index (κ1) is 8.27. The Bertz CT molecular complexity index is 365. The molecule has 0 bridgehead atoms.